The van der Waals surface area contributed by atoms with Crippen LogP contribution >= 0.6 is 0 Å². The van der Waals surface area contributed by atoms with Crippen LogP contribution in [0.15, 0.2) is 4.52 Å². The van der Waals surface area contributed by atoms with Gasteiger partial charge < -0.3 is 14.2 Å². The lowest BCUT2D eigenvalue weighted by molar-refractivity contribution is -0.140. The molecule has 2 atom stereocenters. The van der Waals surface area contributed by atoms with Gasteiger partial charge in [0, 0.05) is 37.8 Å². The van der Waals surface area contributed by atoms with Crippen molar-refractivity contribution in [2.24, 2.45) is 5.92 Å². The van der Waals surface area contributed by atoms with Crippen molar-refractivity contribution in [1.29, 1.82) is 0 Å². The number of hydrogen-bond acceptors (Lipinski definition) is 5. The van der Waals surface area contributed by atoms with E-state index < -0.39 is 0 Å². The predicted molar refractivity (Wildman–Crippen MR) is 86.0 cm³/mol. The van der Waals surface area contributed by atoms with Crippen molar-refractivity contribution in [2.75, 3.05) is 32.8 Å². The van der Waals surface area contributed by atoms with Crippen molar-refractivity contribution in [2.45, 2.75) is 46.2 Å². The SMILES string of the molecule is CCOCCN1CC2CCC(C1)N(Cc1c(C)noc1C)C2=O. The molecule has 2 unspecified atom stereocenters. The van der Waals surface area contributed by atoms with Gasteiger partial charge in [0.25, 0.3) is 0 Å². The number of carbonyl (C=O) groups is 1. The quantitative estimate of drug-likeness (QED) is 0.747. The van der Waals surface area contributed by atoms with Crippen LogP contribution in [0.5, 0.6) is 0 Å². The molecule has 0 radical (unpaired) electrons. The van der Waals surface area contributed by atoms with Gasteiger partial charge in [-0.15, -0.1) is 0 Å². The Morgan fingerprint density at radius 3 is 2.83 bits per heavy atom. The van der Waals surface area contributed by atoms with Crippen LogP contribution in [-0.2, 0) is 16.1 Å². The summed E-state index contributed by atoms with van der Waals surface area (Å²) >= 11 is 0. The molecule has 3 fully saturated rings. The molecule has 0 aliphatic carbocycles. The van der Waals surface area contributed by atoms with E-state index in [0.29, 0.717) is 12.5 Å². The third-order valence-corrected chi connectivity index (χ3v) is 5.13. The fourth-order valence-electron chi connectivity index (χ4n) is 3.76. The van der Waals surface area contributed by atoms with E-state index in [1.807, 2.05) is 20.8 Å². The average molecular weight is 321 g/mol. The Balaban J connectivity index is 1.71. The summed E-state index contributed by atoms with van der Waals surface area (Å²) in [6, 6.07) is 0.288. The highest BCUT2D eigenvalue weighted by Gasteiger charge is 2.40. The first-order chi connectivity index (χ1) is 11.1. The maximum Gasteiger partial charge on any atom is 0.227 e. The van der Waals surface area contributed by atoms with E-state index in [1.165, 1.54) is 0 Å². The molecule has 2 bridgehead atoms. The molecule has 0 aromatic carbocycles. The number of ether oxygens (including phenoxy) is 1. The second-order valence-corrected chi connectivity index (χ2v) is 6.65. The van der Waals surface area contributed by atoms with Crippen molar-refractivity contribution in [3.63, 3.8) is 0 Å². The normalized spacial score (nSPS) is 25.2. The van der Waals surface area contributed by atoms with Gasteiger partial charge >= 0.3 is 0 Å². The lowest BCUT2D eigenvalue weighted by atomic mass is 9.93. The summed E-state index contributed by atoms with van der Waals surface area (Å²) in [6.07, 6.45) is 2.09. The van der Waals surface area contributed by atoms with Gasteiger partial charge in [0.1, 0.15) is 5.76 Å². The van der Waals surface area contributed by atoms with Crippen molar-refractivity contribution in [3.8, 4) is 0 Å². The summed E-state index contributed by atoms with van der Waals surface area (Å²) in [7, 11) is 0. The topological polar surface area (TPSA) is 58.8 Å². The Hall–Kier alpha value is -1.40. The minimum Gasteiger partial charge on any atom is -0.380 e. The van der Waals surface area contributed by atoms with Crippen molar-refractivity contribution < 1.29 is 14.1 Å². The predicted octanol–water partition coefficient (Wildman–Crippen LogP) is 1.75. The molecule has 4 rings (SSSR count). The molecule has 1 amide bonds. The van der Waals surface area contributed by atoms with Crippen molar-refractivity contribution in [1.82, 2.24) is 15.0 Å². The third-order valence-electron chi connectivity index (χ3n) is 5.13. The van der Waals surface area contributed by atoms with Crippen LogP contribution in [0.2, 0.25) is 0 Å². The standard InChI is InChI=1S/C17H27N3O3/c1-4-22-8-7-19-9-14-5-6-15(10-19)20(17(14)21)11-16-12(2)18-23-13(16)3/h14-15H,4-11H2,1-3H3. The van der Waals surface area contributed by atoms with Gasteiger partial charge in [-0.3, -0.25) is 9.69 Å². The molecular formula is C17H27N3O3. The third kappa shape index (κ3) is 3.43. The maximum absolute atomic E-state index is 12.8. The Morgan fingerprint density at radius 1 is 1.30 bits per heavy atom. The number of aryl methyl sites for hydroxylation is 2. The number of nitrogens with zero attached hydrogens (tertiary/aromatic N) is 3. The lowest BCUT2D eigenvalue weighted by Gasteiger charge is -2.36. The highest BCUT2D eigenvalue weighted by Crippen LogP contribution is 2.31. The summed E-state index contributed by atoms with van der Waals surface area (Å²) in [5.41, 5.74) is 1.95. The van der Waals surface area contributed by atoms with Gasteiger partial charge in [0.15, 0.2) is 0 Å². The molecular weight excluding hydrogens is 294 g/mol. The number of carbonyl (C=O) groups excluding carboxylic acids is 1. The van der Waals surface area contributed by atoms with Crippen molar-refractivity contribution >= 4 is 5.91 Å². The molecule has 3 saturated heterocycles. The number of rotatable bonds is 6. The van der Waals surface area contributed by atoms with Crippen LogP contribution in [0.25, 0.3) is 0 Å². The van der Waals surface area contributed by atoms with Crippen LogP contribution in [-0.4, -0.2) is 59.8 Å². The molecule has 3 aliphatic rings. The maximum atomic E-state index is 12.8. The molecule has 4 heterocycles. The Morgan fingerprint density at radius 2 is 2.13 bits per heavy atom. The van der Waals surface area contributed by atoms with E-state index in [9.17, 15) is 4.79 Å². The fraction of sp³-hybridized carbons (Fsp3) is 0.765. The van der Waals surface area contributed by atoms with E-state index in [2.05, 4.69) is 15.0 Å². The van der Waals surface area contributed by atoms with E-state index in [4.69, 9.17) is 9.26 Å². The Bertz CT molecular complexity index is 538. The number of hydrogen-bond donors (Lipinski definition) is 0. The zero-order valence-corrected chi connectivity index (χ0v) is 14.4. The molecule has 6 heteroatoms. The highest BCUT2D eigenvalue weighted by molar-refractivity contribution is 5.80. The summed E-state index contributed by atoms with van der Waals surface area (Å²) in [5.74, 6) is 1.24. The van der Waals surface area contributed by atoms with E-state index in [0.717, 1.165) is 62.7 Å². The van der Waals surface area contributed by atoms with Gasteiger partial charge in [-0.1, -0.05) is 5.16 Å². The lowest BCUT2D eigenvalue weighted by Crippen LogP contribution is -2.47. The molecule has 1 aromatic heterocycles. The smallest absolute Gasteiger partial charge is 0.227 e. The average Bonchev–Trinajstić information content (AvgIpc) is 2.71. The molecule has 0 spiro atoms. The number of amides is 1. The Kier molecular flexibility index (Phi) is 5.02. The first-order valence-corrected chi connectivity index (χ1v) is 8.62. The largest absolute Gasteiger partial charge is 0.380 e. The summed E-state index contributed by atoms with van der Waals surface area (Å²) in [4.78, 5) is 17.3. The van der Waals surface area contributed by atoms with Crippen LogP contribution in [0.1, 0.15) is 36.8 Å². The van der Waals surface area contributed by atoms with Crippen LogP contribution in [0.4, 0.5) is 0 Å². The number of piperidine rings is 1. The number of aromatic nitrogens is 1. The molecule has 3 aliphatic heterocycles. The zero-order valence-electron chi connectivity index (χ0n) is 14.4. The van der Waals surface area contributed by atoms with E-state index in [-0.39, 0.29) is 12.0 Å². The van der Waals surface area contributed by atoms with Crippen LogP contribution in [0.3, 0.4) is 0 Å². The Labute approximate surface area is 137 Å². The monoisotopic (exact) mass is 321 g/mol. The second-order valence-electron chi connectivity index (χ2n) is 6.65. The van der Waals surface area contributed by atoms with E-state index >= 15 is 0 Å². The first-order valence-electron chi connectivity index (χ1n) is 8.62. The van der Waals surface area contributed by atoms with Crippen molar-refractivity contribution in [3.05, 3.63) is 17.0 Å². The molecule has 0 N–H and O–H groups in total. The molecule has 23 heavy (non-hydrogen) atoms. The van der Waals surface area contributed by atoms with Gasteiger partial charge in [0.05, 0.1) is 24.8 Å². The van der Waals surface area contributed by atoms with Crippen LogP contribution in [0, 0.1) is 19.8 Å². The molecule has 6 nitrogen and oxygen atoms in total. The molecule has 1 aromatic rings. The minimum absolute atomic E-state index is 0.121. The summed E-state index contributed by atoms with van der Waals surface area (Å²) in [5, 5.41) is 4.02. The zero-order chi connectivity index (χ0) is 16.4. The summed E-state index contributed by atoms with van der Waals surface area (Å²) < 4.78 is 10.7. The molecule has 128 valence electrons. The fourth-order valence-corrected chi connectivity index (χ4v) is 3.76. The summed E-state index contributed by atoms with van der Waals surface area (Å²) in [6.45, 7) is 10.7. The highest BCUT2D eigenvalue weighted by atomic mass is 16.5. The second kappa shape index (κ2) is 7.01. The molecule has 0 saturated carbocycles. The van der Waals surface area contributed by atoms with Gasteiger partial charge in [-0.25, -0.2) is 0 Å². The number of fused-ring (bicyclic) bond motifs is 4. The first kappa shape index (κ1) is 16.5. The van der Waals surface area contributed by atoms with Gasteiger partial charge in [0.2, 0.25) is 5.91 Å². The van der Waals surface area contributed by atoms with E-state index in [1.54, 1.807) is 0 Å². The van der Waals surface area contributed by atoms with Gasteiger partial charge in [-0.05, 0) is 33.6 Å². The van der Waals surface area contributed by atoms with Gasteiger partial charge in [-0.2, -0.15) is 0 Å². The minimum atomic E-state index is 0.121. The van der Waals surface area contributed by atoms with Crippen LogP contribution < -0.4 is 0 Å².